The summed E-state index contributed by atoms with van der Waals surface area (Å²) in [5.41, 5.74) is -4.45. The van der Waals surface area contributed by atoms with Crippen molar-refractivity contribution < 1.29 is 45.4 Å². The fourth-order valence-corrected chi connectivity index (χ4v) is 3.82. The predicted octanol–water partition coefficient (Wildman–Crippen LogP) is 5.45. The molecule has 0 radical (unpaired) electrons. The van der Waals surface area contributed by atoms with E-state index in [1.165, 1.54) is 10.8 Å². The van der Waals surface area contributed by atoms with Gasteiger partial charge in [-0.05, 0) is 43.5 Å². The van der Waals surface area contributed by atoms with Crippen LogP contribution in [0.15, 0.2) is 36.7 Å². The number of amides is 1. The van der Waals surface area contributed by atoms with Crippen LogP contribution in [-0.2, 0) is 18.9 Å². The van der Waals surface area contributed by atoms with Crippen molar-refractivity contribution in [2.75, 3.05) is 25.5 Å². The van der Waals surface area contributed by atoms with Crippen molar-refractivity contribution in [2.24, 2.45) is 0 Å². The van der Waals surface area contributed by atoms with Crippen molar-refractivity contribution in [3.05, 3.63) is 63.5 Å². The number of hydrogen-bond donors (Lipinski definition) is 2. The van der Waals surface area contributed by atoms with E-state index >= 15 is 0 Å². The number of carbonyl (C=O) groups is 1. The molecular formula is C22H19ClF7N5O3S. The van der Waals surface area contributed by atoms with E-state index in [9.17, 15) is 40.6 Å². The SMILES string of the molecule is CNCC(O)Cn1ccn(-c2cc(C(F)(F)F)cc(C(F)(F)F)c2OC(=O)N(C)c2ccc(F)c(Cl)n2)c1=S. The number of ether oxygens (including phenoxy) is 1. The number of aromatic nitrogens is 3. The lowest BCUT2D eigenvalue weighted by atomic mass is 10.1. The quantitative estimate of drug-likeness (QED) is 0.213. The first-order valence-electron chi connectivity index (χ1n) is 10.8. The number of halogens is 8. The van der Waals surface area contributed by atoms with Crippen molar-refractivity contribution in [3.8, 4) is 11.4 Å². The van der Waals surface area contributed by atoms with Crippen LogP contribution in [0.4, 0.5) is 41.3 Å². The molecule has 0 fully saturated rings. The summed E-state index contributed by atoms with van der Waals surface area (Å²) in [6, 6.07) is 1.96. The van der Waals surface area contributed by atoms with E-state index in [2.05, 4.69) is 10.3 Å². The summed E-state index contributed by atoms with van der Waals surface area (Å²) in [5.74, 6) is -2.55. The number of likely N-dealkylation sites (N-methyl/N-ethyl adjacent to an activating group) is 1. The largest absolute Gasteiger partial charge is 0.420 e. The molecule has 0 aliphatic heterocycles. The third-order valence-electron chi connectivity index (χ3n) is 5.25. The Hall–Kier alpha value is -3.21. The molecule has 2 heterocycles. The number of nitrogens with zero attached hydrogens (tertiary/aromatic N) is 4. The van der Waals surface area contributed by atoms with Crippen LogP contribution in [0.3, 0.4) is 0 Å². The van der Waals surface area contributed by atoms with Crippen molar-refractivity contribution in [1.29, 1.82) is 0 Å². The Morgan fingerprint density at radius 3 is 2.44 bits per heavy atom. The average Bonchev–Trinajstić information content (AvgIpc) is 3.18. The van der Waals surface area contributed by atoms with E-state index in [4.69, 9.17) is 28.6 Å². The number of pyridine rings is 1. The lowest BCUT2D eigenvalue weighted by molar-refractivity contribution is -0.143. The molecule has 0 bridgehead atoms. The summed E-state index contributed by atoms with van der Waals surface area (Å²) >= 11 is 10.8. The highest BCUT2D eigenvalue weighted by molar-refractivity contribution is 7.71. The molecule has 8 nitrogen and oxygen atoms in total. The Labute approximate surface area is 226 Å². The summed E-state index contributed by atoms with van der Waals surface area (Å²) in [6.07, 6.45) is -10.8. The molecule has 0 aliphatic rings. The second kappa shape index (κ2) is 11.5. The summed E-state index contributed by atoms with van der Waals surface area (Å²) in [5, 5.41) is 12.1. The summed E-state index contributed by atoms with van der Waals surface area (Å²) in [6.45, 7) is -0.0298. The van der Waals surface area contributed by atoms with E-state index in [0.29, 0.717) is 11.0 Å². The minimum absolute atomic E-state index is 0.116. The van der Waals surface area contributed by atoms with E-state index in [-0.39, 0.29) is 29.7 Å². The molecule has 2 aromatic heterocycles. The first-order chi connectivity index (χ1) is 18.0. The Bertz CT molecular complexity index is 1420. The number of imidazole rings is 1. The zero-order chi connectivity index (χ0) is 29.3. The molecular weight excluding hydrogens is 583 g/mol. The van der Waals surface area contributed by atoms with E-state index in [0.717, 1.165) is 29.9 Å². The highest BCUT2D eigenvalue weighted by Crippen LogP contribution is 2.44. The molecule has 0 saturated heterocycles. The lowest BCUT2D eigenvalue weighted by Gasteiger charge is -2.22. The number of rotatable bonds is 7. The van der Waals surface area contributed by atoms with Crippen LogP contribution in [0.2, 0.25) is 5.15 Å². The highest BCUT2D eigenvalue weighted by atomic mass is 35.5. The molecule has 1 atom stereocenters. The van der Waals surface area contributed by atoms with Crippen LogP contribution in [0.25, 0.3) is 5.69 Å². The molecule has 39 heavy (non-hydrogen) atoms. The van der Waals surface area contributed by atoms with Crippen molar-refractivity contribution >= 4 is 35.7 Å². The zero-order valence-corrected chi connectivity index (χ0v) is 21.5. The smallest absolute Gasteiger partial charge is 0.407 e. The fourth-order valence-electron chi connectivity index (χ4n) is 3.38. The van der Waals surface area contributed by atoms with Gasteiger partial charge in [-0.1, -0.05) is 11.6 Å². The first-order valence-corrected chi connectivity index (χ1v) is 11.5. The number of benzene rings is 1. The van der Waals surface area contributed by atoms with Crippen LogP contribution >= 0.6 is 23.8 Å². The van der Waals surface area contributed by atoms with E-state index < -0.39 is 58.1 Å². The molecule has 1 aromatic carbocycles. The van der Waals surface area contributed by atoms with Gasteiger partial charge in [-0.15, -0.1) is 0 Å². The Balaban J connectivity index is 2.19. The van der Waals surface area contributed by atoms with Gasteiger partial charge < -0.3 is 19.7 Å². The van der Waals surface area contributed by atoms with Crippen LogP contribution in [-0.4, -0.2) is 52.1 Å². The Morgan fingerprint density at radius 2 is 1.87 bits per heavy atom. The lowest BCUT2D eigenvalue weighted by Crippen LogP contribution is -2.31. The molecule has 17 heteroatoms. The van der Waals surface area contributed by atoms with Gasteiger partial charge in [-0.2, -0.15) is 26.3 Å². The number of anilines is 1. The number of alkyl halides is 6. The molecule has 1 unspecified atom stereocenters. The molecule has 0 saturated carbocycles. The number of aliphatic hydroxyl groups excluding tert-OH is 1. The Kier molecular flexibility index (Phi) is 8.94. The molecule has 1 amide bonds. The van der Waals surface area contributed by atoms with Crippen molar-refractivity contribution in [1.82, 2.24) is 19.4 Å². The van der Waals surface area contributed by atoms with Crippen molar-refractivity contribution in [3.63, 3.8) is 0 Å². The van der Waals surface area contributed by atoms with E-state index in [1.54, 1.807) is 7.05 Å². The number of aliphatic hydroxyl groups is 1. The molecule has 0 spiro atoms. The van der Waals surface area contributed by atoms with Gasteiger partial charge in [0.25, 0.3) is 0 Å². The maximum absolute atomic E-state index is 14.0. The average molecular weight is 602 g/mol. The molecule has 0 aliphatic carbocycles. The van der Waals surface area contributed by atoms with Gasteiger partial charge in [0.05, 0.1) is 23.9 Å². The maximum Gasteiger partial charge on any atom is 0.420 e. The van der Waals surface area contributed by atoms with Gasteiger partial charge >= 0.3 is 18.4 Å². The van der Waals surface area contributed by atoms with Gasteiger partial charge in [0, 0.05) is 26.0 Å². The maximum atomic E-state index is 14.0. The highest BCUT2D eigenvalue weighted by Gasteiger charge is 2.42. The predicted molar refractivity (Wildman–Crippen MR) is 128 cm³/mol. The minimum Gasteiger partial charge on any atom is -0.407 e. The molecule has 212 valence electrons. The van der Waals surface area contributed by atoms with Crippen molar-refractivity contribution in [2.45, 2.75) is 25.0 Å². The molecule has 2 N–H and O–H groups in total. The number of nitrogens with one attached hydrogen (secondary N) is 1. The summed E-state index contributed by atoms with van der Waals surface area (Å²) in [7, 11) is 2.57. The molecule has 3 rings (SSSR count). The normalized spacial score (nSPS) is 12.9. The number of hydrogen-bond acceptors (Lipinski definition) is 6. The minimum atomic E-state index is -5.41. The monoisotopic (exact) mass is 601 g/mol. The first kappa shape index (κ1) is 30.3. The molecule has 3 aromatic rings. The zero-order valence-electron chi connectivity index (χ0n) is 19.9. The van der Waals surface area contributed by atoms with Gasteiger partial charge in [-0.3, -0.25) is 9.47 Å². The topological polar surface area (TPSA) is 84.5 Å². The van der Waals surface area contributed by atoms with Crippen LogP contribution in [0.1, 0.15) is 11.1 Å². The fraction of sp³-hybridized carbons (Fsp3) is 0.318. The van der Waals surface area contributed by atoms with Gasteiger partial charge in [0.15, 0.2) is 21.5 Å². The van der Waals surface area contributed by atoms with Gasteiger partial charge in [0.2, 0.25) is 0 Å². The van der Waals surface area contributed by atoms with Crippen LogP contribution in [0.5, 0.6) is 5.75 Å². The third kappa shape index (κ3) is 6.87. The summed E-state index contributed by atoms with van der Waals surface area (Å²) < 4.78 is 103. The van der Waals surface area contributed by atoms with Crippen LogP contribution < -0.4 is 15.0 Å². The van der Waals surface area contributed by atoms with Crippen LogP contribution in [0, 0.1) is 10.6 Å². The third-order valence-corrected chi connectivity index (χ3v) is 5.95. The second-order valence-corrected chi connectivity index (χ2v) is 8.77. The standard InChI is InChI=1S/C22H19ClF7N5O3S/c1-31-9-12(36)10-34-5-6-35(19(34)39)15-8-11(21(25,26)27)7-13(22(28,29)30)17(15)38-20(37)33(2)16-4-3-14(24)18(23)32-16/h3-8,12,31,36H,9-10H2,1-2H3. The van der Waals surface area contributed by atoms with Gasteiger partial charge in [0.1, 0.15) is 11.4 Å². The summed E-state index contributed by atoms with van der Waals surface area (Å²) in [4.78, 5) is 17.0. The number of carbonyl (C=O) groups excluding carboxylic acids is 1. The second-order valence-electron chi connectivity index (χ2n) is 8.05. The Morgan fingerprint density at radius 1 is 1.21 bits per heavy atom. The van der Waals surface area contributed by atoms with Gasteiger partial charge in [-0.25, -0.2) is 14.2 Å². The van der Waals surface area contributed by atoms with E-state index in [1.807, 2.05) is 0 Å².